The van der Waals surface area contributed by atoms with Gasteiger partial charge in [-0.1, -0.05) is 33.1 Å². The molecule has 0 saturated carbocycles. The highest BCUT2D eigenvalue weighted by atomic mass is 16.5. The third-order valence-electron chi connectivity index (χ3n) is 3.00. The van der Waals surface area contributed by atoms with E-state index in [1.807, 2.05) is 6.92 Å². The van der Waals surface area contributed by atoms with Gasteiger partial charge in [0.25, 0.3) is 0 Å². The molecule has 2 atom stereocenters. The Labute approximate surface area is 110 Å². The molecule has 0 spiro atoms. The van der Waals surface area contributed by atoms with E-state index >= 15 is 0 Å². The minimum Gasteiger partial charge on any atom is -0.460 e. The van der Waals surface area contributed by atoms with Gasteiger partial charge in [-0.15, -0.1) is 0 Å². The molecule has 0 rings (SSSR count). The van der Waals surface area contributed by atoms with Crippen LogP contribution in [0.25, 0.3) is 0 Å². The Morgan fingerprint density at radius 1 is 1.39 bits per heavy atom. The fraction of sp³-hybridized carbons (Fsp3) is 0.786. The van der Waals surface area contributed by atoms with Gasteiger partial charge in [-0.2, -0.15) is 0 Å². The molecule has 0 aromatic rings. The van der Waals surface area contributed by atoms with E-state index in [0.29, 0.717) is 5.57 Å². The minimum absolute atomic E-state index is 0.00680. The van der Waals surface area contributed by atoms with Gasteiger partial charge in [0, 0.05) is 5.57 Å². The average molecular weight is 258 g/mol. The van der Waals surface area contributed by atoms with Crippen molar-refractivity contribution in [3.05, 3.63) is 11.6 Å². The van der Waals surface area contributed by atoms with E-state index in [2.05, 4.69) is 6.92 Å². The summed E-state index contributed by atoms with van der Waals surface area (Å²) in [6, 6.07) is 0. The van der Waals surface area contributed by atoms with Crippen LogP contribution >= 0.6 is 0 Å². The SMILES string of the molecule is CCCCC(CC)C(O)C=C(C)C(=O)OCCO. The molecular weight excluding hydrogens is 232 g/mol. The molecule has 0 aliphatic carbocycles. The van der Waals surface area contributed by atoms with Crippen LogP contribution in [0.15, 0.2) is 11.6 Å². The third-order valence-corrected chi connectivity index (χ3v) is 3.00. The van der Waals surface area contributed by atoms with Gasteiger partial charge in [0.2, 0.25) is 0 Å². The fourth-order valence-corrected chi connectivity index (χ4v) is 1.80. The molecule has 4 nitrogen and oxygen atoms in total. The molecule has 0 bridgehead atoms. The summed E-state index contributed by atoms with van der Waals surface area (Å²) in [6.07, 6.45) is 4.98. The van der Waals surface area contributed by atoms with Crippen molar-refractivity contribution in [2.75, 3.05) is 13.2 Å². The Morgan fingerprint density at radius 3 is 2.56 bits per heavy atom. The summed E-state index contributed by atoms with van der Waals surface area (Å²) in [5, 5.41) is 18.6. The summed E-state index contributed by atoms with van der Waals surface area (Å²) in [6.45, 7) is 5.58. The van der Waals surface area contributed by atoms with Crippen LogP contribution in [0.4, 0.5) is 0 Å². The van der Waals surface area contributed by atoms with Crippen molar-refractivity contribution in [1.82, 2.24) is 0 Å². The molecule has 2 unspecified atom stereocenters. The maximum absolute atomic E-state index is 11.4. The van der Waals surface area contributed by atoms with Crippen LogP contribution in [-0.2, 0) is 9.53 Å². The summed E-state index contributed by atoms with van der Waals surface area (Å²) < 4.78 is 4.78. The highest BCUT2D eigenvalue weighted by molar-refractivity contribution is 5.87. The van der Waals surface area contributed by atoms with Crippen LogP contribution in [0.1, 0.15) is 46.5 Å². The Kier molecular flexibility index (Phi) is 9.60. The molecule has 4 heteroatoms. The van der Waals surface area contributed by atoms with Crippen LogP contribution in [0.5, 0.6) is 0 Å². The van der Waals surface area contributed by atoms with Gasteiger partial charge in [-0.25, -0.2) is 4.79 Å². The van der Waals surface area contributed by atoms with Gasteiger partial charge >= 0.3 is 5.97 Å². The lowest BCUT2D eigenvalue weighted by atomic mass is 9.92. The van der Waals surface area contributed by atoms with Crippen molar-refractivity contribution < 1.29 is 19.7 Å². The van der Waals surface area contributed by atoms with E-state index in [0.717, 1.165) is 25.7 Å². The van der Waals surface area contributed by atoms with Gasteiger partial charge in [-0.3, -0.25) is 0 Å². The Hall–Kier alpha value is -0.870. The first-order valence-corrected chi connectivity index (χ1v) is 6.71. The lowest BCUT2D eigenvalue weighted by molar-refractivity contribution is -0.140. The van der Waals surface area contributed by atoms with Gasteiger partial charge in [0.05, 0.1) is 12.7 Å². The number of hydrogen-bond acceptors (Lipinski definition) is 4. The number of ether oxygens (including phenoxy) is 1. The molecule has 0 aromatic heterocycles. The van der Waals surface area contributed by atoms with E-state index in [1.165, 1.54) is 0 Å². The molecular formula is C14H26O4. The Balaban J connectivity index is 4.37. The summed E-state index contributed by atoms with van der Waals surface area (Å²) in [5.74, 6) is -0.293. The molecule has 0 radical (unpaired) electrons. The molecule has 0 aliphatic heterocycles. The number of esters is 1. The van der Waals surface area contributed by atoms with E-state index in [-0.39, 0.29) is 19.1 Å². The maximum atomic E-state index is 11.4. The van der Waals surface area contributed by atoms with Gasteiger partial charge < -0.3 is 14.9 Å². The quantitative estimate of drug-likeness (QED) is 0.490. The van der Waals surface area contributed by atoms with Crippen molar-refractivity contribution in [2.24, 2.45) is 5.92 Å². The fourth-order valence-electron chi connectivity index (χ4n) is 1.80. The summed E-state index contributed by atoms with van der Waals surface area (Å²) in [7, 11) is 0. The minimum atomic E-state index is -0.608. The molecule has 0 heterocycles. The number of aliphatic hydroxyl groups is 2. The third kappa shape index (κ3) is 6.77. The first kappa shape index (κ1) is 17.1. The highest BCUT2D eigenvalue weighted by Gasteiger charge is 2.16. The lowest BCUT2D eigenvalue weighted by Crippen LogP contribution is -2.19. The number of carbonyl (C=O) groups is 1. The van der Waals surface area contributed by atoms with E-state index < -0.39 is 12.1 Å². The monoisotopic (exact) mass is 258 g/mol. The van der Waals surface area contributed by atoms with Gasteiger partial charge in [0.15, 0.2) is 0 Å². The first-order valence-electron chi connectivity index (χ1n) is 6.71. The van der Waals surface area contributed by atoms with Crippen LogP contribution in [0, 0.1) is 5.92 Å². The van der Waals surface area contributed by atoms with Gasteiger partial charge in [0.1, 0.15) is 6.61 Å². The topological polar surface area (TPSA) is 66.8 Å². The van der Waals surface area contributed by atoms with Crippen molar-refractivity contribution in [2.45, 2.75) is 52.6 Å². The average Bonchev–Trinajstić information content (AvgIpc) is 2.36. The molecule has 0 fully saturated rings. The zero-order valence-corrected chi connectivity index (χ0v) is 11.7. The van der Waals surface area contributed by atoms with E-state index in [1.54, 1.807) is 13.0 Å². The van der Waals surface area contributed by atoms with Crippen LogP contribution < -0.4 is 0 Å². The Bertz CT molecular complexity index is 261. The number of unbranched alkanes of at least 4 members (excludes halogenated alkanes) is 1. The number of hydrogen-bond donors (Lipinski definition) is 2. The van der Waals surface area contributed by atoms with Crippen molar-refractivity contribution in [3.63, 3.8) is 0 Å². The molecule has 2 N–H and O–H groups in total. The summed E-state index contributed by atoms with van der Waals surface area (Å²) >= 11 is 0. The smallest absolute Gasteiger partial charge is 0.333 e. The first-order chi connectivity index (χ1) is 8.56. The van der Waals surface area contributed by atoms with Crippen LogP contribution in [0.2, 0.25) is 0 Å². The van der Waals surface area contributed by atoms with Crippen molar-refractivity contribution in [1.29, 1.82) is 0 Å². The van der Waals surface area contributed by atoms with Crippen molar-refractivity contribution >= 4 is 5.97 Å². The largest absolute Gasteiger partial charge is 0.460 e. The molecule has 106 valence electrons. The van der Waals surface area contributed by atoms with E-state index in [4.69, 9.17) is 9.84 Å². The molecule has 18 heavy (non-hydrogen) atoms. The summed E-state index contributed by atoms with van der Waals surface area (Å²) in [5.41, 5.74) is 0.394. The molecule has 0 aromatic carbocycles. The molecule has 0 aliphatic rings. The molecule has 0 amide bonds. The van der Waals surface area contributed by atoms with Crippen molar-refractivity contribution in [3.8, 4) is 0 Å². The second kappa shape index (κ2) is 10.1. The van der Waals surface area contributed by atoms with Crippen LogP contribution in [-0.4, -0.2) is 35.5 Å². The second-order valence-corrected chi connectivity index (χ2v) is 4.51. The maximum Gasteiger partial charge on any atom is 0.333 e. The predicted octanol–water partition coefficient (Wildman–Crippen LogP) is 2.05. The van der Waals surface area contributed by atoms with E-state index in [9.17, 15) is 9.90 Å². The number of aliphatic hydroxyl groups excluding tert-OH is 2. The standard InChI is InChI=1S/C14H26O4/c1-4-6-7-12(5-2)13(16)10-11(3)14(17)18-9-8-15/h10,12-13,15-16H,4-9H2,1-3H3. The second-order valence-electron chi connectivity index (χ2n) is 4.51. The lowest BCUT2D eigenvalue weighted by Gasteiger charge is -2.19. The molecule has 0 saturated heterocycles. The number of carbonyl (C=O) groups excluding carboxylic acids is 1. The zero-order valence-electron chi connectivity index (χ0n) is 11.7. The highest BCUT2D eigenvalue weighted by Crippen LogP contribution is 2.19. The zero-order chi connectivity index (χ0) is 14.0. The van der Waals surface area contributed by atoms with Crippen LogP contribution in [0.3, 0.4) is 0 Å². The summed E-state index contributed by atoms with van der Waals surface area (Å²) in [4.78, 5) is 11.4. The normalized spacial score (nSPS) is 15.3. The predicted molar refractivity (Wildman–Crippen MR) is 71.1 cm³/mol. The van der Waals surface area contributed by atoms with Gasteiger partial charge in [-0.05, 0) is 25.3 Å². The number of rotatable bonds is 9. The Morgan fingerprint density at radius 2 is 2.06 bits per heavy atom.